The predicted octanol–water partition coefficient (Wildman–Crippen LogP) is 2.53. The monoisotopic (exact) mass is 404 g/mol. The lowest BCUT2D eigenvalue weighted by Gasteiger charge is -2.30. The first-order valence-electron chi connectivity index (χ1n) is 9.90. The van der Waals surface area contributed by atoms with Crippen LogP contribution < -0.4 is 10.2 Å². The van der Waals surface area contributed by atoms with Crippen molar-refractivity contribution >= 4 is 23.3 Å². The number of hydrogen-bond acceptors (Lipinski definition) is 5. The van der Waals surface area contributed by atoms with E-state index in [9.17, 15) is 9.59 Å². The molecule has 0 fully saturated rings. The number of anilines is 2. The van der Waals surface area contributed by atoms with Gasteiger partial charge >= 0.3 is 0 Å². The molecule has 3 heterocycles. The highest BCUT2D eigenvalue weighted by atomic mass is 16.2. The lowest BCUT2D eigenvalue weighted by molar-refractivity contribution is -0.117. The summed E-state index contributed by atoms with van der Waals surface area (Å²) >= 11 is 0. The van der Waals surface area contributed by atoms with E-state index in [0.717, 1.165) is 17.9 Å². The topological polar surface area (TPSA) is 83.4 Å². The Hall–Kier alpha value is -3.68. The fourth-order valence-corrected chi connectivity index (χ4v) is 3.52. The lowest BCUT2D eigenvalue weighted by Crippen LogP contribution is -2.40. The number of benzene rings is 1. The molecule has 1 N–H and O–H groups in total. The molecule has 154 valence electrons. The number of carbonyl (C=O) groups excluding carboxylic acids is 2. The van der Waals surface area contributed by atoms with Crippen LogP contribution in [0.4, 0.5) is 11.5 Å². The number of hydrogen-bond donors (Lipinski definition) is 1. The normalized spacial score (nSPS) is 13.0. The van der Waals surface area contributed by atoms with Crippen molar-refractivity contribution in [2.75, 3.05) is 23.8 Å². The minimum atomic E-state index is -0.173. The van der Waals surface area contributed by atoms with Gasteiger partial charge in [0.25, 0.3) is 5.91 Å². The maximum Gasteiger partial charge on any atom is 0.255 e. The van der Waals surface area contributed by atoms with Gasteiger partial charge in [-0.15, -0.1) is 0 Å². The summed E-state index contributed by atoms with van der Waals surface area (Å²) < 4.78 is 2.00. The Labute approximate surface area is 175 Å². The van der Waals surface area contributed by atoms with Gasteiger partial charge in [-0.25, -0.2) is 9.97 Å². The predicted molar refractivity (Wildman–Crippen MR) is 114 cm³/mol. The van der Waals surface area contributed by atoms with Gasteiger partial charge in [0, 0.05) is 32.2 Å². The van der Waals surface area contributed by atoms with Crippen LogP contribution in [0.5, 0.6) is 0 Å². The van der Waals surface area contributed by atoms with Gasteiger partial charge in [-0.3, -0.25) is 9.59 Å². The standard InChI is InChI=1S/C22H24N6O2/c1-3-27-10-9-23-19(27)15-26(2)22(30)17-11-18-21(24-12-17)25-13-20(29)28(18)14-16-7-5-4-6-8-16/h4-12H,3,13-15H2,1-2H3,(H,24,25). The molecule has 1 aromatic carbocycles. The van der Waals surface area contributed by atoms with Gasteiger partial charge in [-0.1, -0.05) is 30.3 Å². The molecule has 0 saturated heterocycles. The Morgan fingerprint density at radius 1 is 1.23 bits per heavy atom. The molecule has 3 aromatic rings. The number of fused-ring (bicyclic) bond motifs is 1. The van der Waals surface area contributed by atoms with Crippen molar-refractivity contribution in [3.63, 3.8) is 0 Å². The quantitative estimate of drug-likeness (QED) is 0.683. The summed E-state index contributed by atoms with van der Waals surface area (Å²) in [6.45, 7) is 3.82. The van der Waals surface area contributed by atoms with Crippen LogP contribution in [-0.2, 0) is 24.4 Å². The van der Waals surface area contributed by atoms with Crippen molar-refractivity contribution < 1.29 is 9.59 Å². The smallest absolute Gasteiger partial charge is 0.255 e. The van der Waals surface area contributed by atoms with Crippen LogP contribution in [0.25, 0.3) is 0 Å². The average Bonchev–Trinajstić information content (AvgIpc) is 3.22. The van der Waals surface area contributed by atoms with Crippen LogP contribution in [-0.4, -0.2) is 44.8 Å². The van der Waals surface area contributed by atoms with Crippen LogP contribution in [0.15, 0.2) is 55.0 Å². The van der Waals surface area contributed by atoms with Crippen molar-refractivity contribution in [3.8, 4) is 0 Å². The fourth-order valence-electron chi connectivity index (χ4n) is 3.52. The van der Waals surface area contributed by atoms with E-state index in [0.29, 0.717) is 30.2 Å². The number of carbonyl (C=O) groups is 2. The average molecular weight is 404 g/mol. The van der Waals surface area contributed by atoms with Crippen molar-refractivity contribution in [1.82, 2.24) is 19.4 Å². The van der Waals surface area contributed by atoms with Crippen molar-refractivity contribution in [1.29, 1.82) is 0 Å². The van der Waals surface area contributed by atoms with E-state index in [1.165, 1.54) is 0 Å². The zero-order valence-corrected chi connectivity index (χ0v) is 17.1. The maximum absolute atomic E-state index is 13.0. The minimum Gasteiger partial charge on any atom is -0.359 e. The Bertz CT molecular complexity index is 1060. The minimum absolute atomic E-state index is 0.0592. The summed E-state index contributed by atoms with van der Waals surface area (Å²) in [5.41, 5.74) is 2.06. The molecular formula is C22H24N6O2. The van der Waals surface area contributed by atoms with Crippen LogP contribution in [0.3, 0.4) is 0 Å². The van der Waals surface area contributed by atoms with Gasteiger partial charge < -0.3 is 19.7 Å². The molecule has 0 aliphatic carbocycles. The van der Waals surface area contributed by atoms with Crippen molar-refractivity contribution in [2.24, 2.45) is 0 Å². The lowest BCUT2D eigenvalue weighted by atomic mass is 10.1. The number of aryl methyl sites for hydroxylation is 1. The molecule has 0 radical (unpaired) electrons. The molecular weight excluding hydrogens is 380 g/mol. The summed E-state index contributed by atoms with van der Waals surface area (Å²) in [7, 11) is 1.74. The third-order valence-electron chi connectivity index (χ3n) is 5.16. The number of aromatic nitrogens is 3. The summed E-state index contributed by atoms with van der Waals surface area (Å²) in [4.78, 5) is 37.6. The van der Waals surface area contributed by atoms with Crippen LogP contribution in [0.2, 0.25) is 0 Å². The largest absolute Gasteiger partial charge is 0.359 e. The highest BCUT2D eigenvalue weighted by Gasteiger charge is 2.27. The molecule has 0 unspecified atom stereocenters. The molecule has 1 aliphatic heterocycles. The Balaban J connectivity index is 1.58. The van der Waals surface area contributed by atoms with E-state index < -0.39 is 0 Å². The molecule has 8 heteroatoms. The molecule has 1 aliphatic rings. The van der Waals surface area contributed by atoms with E-state index in [4.69, 9.17) is 0 Å². The van der Waals surface area contributed by atoms with Crippen molar-refractivity contribution in [3.05, 3.63) is 71.9 Å². The first-order valence-corrected chi connectivity index (χ1v) is 9.90. The van der Waals surface area contributed by atoms with E-state index >= 15 is 0 Å². The second-order valence-corrected chi connectivity index (χ2v) is 7.20. The molecule has 30 heavy (non-hydrogen) atoms. The molecule has 0 spiro atoms. The first kappa shape index (κ1) is 19.6. The summed E-state index contributed by atoms with van der Waals surface area (Å²) in [5, 5.41) is 3.03. The highest BCUT2D eigenvalue weighted by molar-refractivity contribution is 6.04. The molecule has 4 rings (SSSR count). The van der Waals surface area contributed by atoms with E-state index in [2.05, 4.69) is 15.3 Å². The highest BCUT2D eigenvalue weighted by Crippen LogP contribution is 2.30. The summed E-state index contributed by atoms with van der Waals surface area (Å²) in [6.07, 6.45) is 5.18. The Morgan fingerprint density at radius 3 is 2.80 bits per heavy atom. The number of rotatable bonds is 6. The van der Waals surface area contributed by atoms with Crippen LogP contribution in [0.1, 0.15) is 28.7 Å². The zero-order valence-electron chi connectivity index (χ0n) is 17.1. The molecule has 2 amide bonds. The zero-order chi connectivity index (χ0) is 21.1. The molecule has 8 nitrogen and oxygen atoms in total. The van der Waals surface area contributed by atoms with Gasteiger partial charge in [0.15, 0.2) is 5.82 Å². The van der Waals surface area contributed by atoms with Gasteiger partial charge in [-0.05, 0) is 18.6 Å². The second-order valence-electron chi connectivity index (χ2n) is 7.20. The molecule has 2 aromatic heterocycles. The van der Waals surface area contributed by atoms with Gasteiger partial charge in [0.2, 0.25) is 5.91 Å². The number of imidazole rings is 1. The molecule has 0 atom stereocenters. The van der Waals surface area contributed by atoms with Gasteiger partial charge in [0.1, 0.15) is 5.82 Å². The molecule has 0 bridgehead atoms. The number of amides is 2. The number of nitrogens with one attached hydrogen (secondary N) is 1. The SMILES string of the molecule is CCn1ccnc1CN(C)C(=O)c1cnc2c(c1)N(Cc1ccccc1)C(=O)CN2. The van der Waals surface area contributed by atoms with Gasteiger partial charge in [0.05, 0.1) is 30.9 Å². The number of pyridine rings is 1. The van der Waals surface area contributed by atoms with Crippen molar-refractivity contribution in [2.45, 2.75) is 26.6 Å². The fraction of sp³-hybridized carbons (Fsp3) is 0.273. The maximum atomic E-state index is 13.0. The van der Waals surface area contributed by atoms with Crippen LogP contribution >= 0.6 is 0 Å². The third-order valence-corrected chi connectivity index (χ3v) is 5.16. The van der Waals surface area contributed by atoms with E-state index in [-0.39, 0.29) is 18.4 Å². The van der Waals surface area contributed by atoms with Crippen LogP contribution in [0, 0.1) is 0 Å². The Morgan fingerprint density at radius 2 is 2.03 bits per heavy atom. The summed E-state index contributed by atoms with van der Waals surface area (Å²) in [6, 6.07) is 11.5. The van der Waals surface area contributed by atoms with E-state index in [1.54, 1.807) is 35.3 Å². The summed E-state index contributed by atoms with van der Waals surface area (Å²) in [5.74, 6) is 1.19. The Kier molecular flexibility index (Phi) is 5.47. The second kappa shape index (κ2) is 8.36. The third kappa shape index (κ3) is 3.89. The first-order chi connectivity index (χ1) is 14.6. The van der Waals surface area contributed by atoms with E-state index in [1.807, 2.05) is 48.0 Å². The van der Waals surface area contributed by atoms with Gasteiger partial charge in [-0.2, -0.15) is 0 Å². The molecule has 0 saturated carbocycles. The number of nitrogens with zero attached hydrogens (tertiary/aromatic N) is 5.